The van der Waals surface area contributed by atoms with Gasteiger partial charge in [-0.05, 0) is 24.5 Å². The van der Waals surface area contributed by atoms with E-state index in [1.54, 1.807) is 11.3 Å². The Balaban J connectivity index is 1.64. The van der Waals surface area contributed by atoms with Crippen LogP contribution < -0.4 is 10.6 Å². The fourth-order valence-corrected chi connectivity index (χ4v) is 3.21. The molecule has 0 aliphatic heterocycles. The Hall–Kier alpha value is -1.66. The van der Waals surface area contributed by atoms with Crippen LogP contribution >= 0.6 is 11.3 Å². The van der Waals surface area contributed by atoms with Crippen LogP contribution in [0, 0.1) is 5.92 Å². The molecule has 1 aromatic heterocycles. The van der Waals surface area contributed by atoms with Gasteiger partial charge in [0.15, 0.2) is 0 Å². The first-order valence-electron chi connectivity index (χ1n) is 8.14. The van der Waals surface area contributed by atoms with Crippen LogP contribution in [0.2, 0.25) is 0 Å². The van der Waals surface area contributed by atoms with Gasteiger partial charge in [-0.1, -0.05) is 32.4 Å². The lowest BCUT2D eigenvalue weighted by molar-refractivity contribution is 0.114. The summed E-state index contributed by atoms with van der Waals surface area (Å²) < 4.78 is 1.20. The molecule has 2 amide bonds. The molecule has 0 spiro atoms. The molecule has 2 rings (SSSR count). The molecular formula is C17H25N3O2S. The molecule has 2 unspecified atom stereocenters. The van der Waals surface area contributed by atoms with Crippen molar-refractivity contribution in [3.63, 3.8) is 0 Å². The fourth-order valence-electron chi connectivity index (χ4n) is 2.20. The number of aryl methyl sites for hydroxylation is 1. The Kier molecular flexibility index (Phi) is 6.80. The van der Waals surface area contributed by atoms with E-state index in [-0.39, 0.29) is 11.9 Å². The van der Waals surface area contributed by atoms with Crippen molar-refractivity contribution in [2.45, 2.75) is 39.2 Å². The largest absolute Gasteiger partial charge is 0.391 e. The molecule has 0 saturated heterocycles. The van der Waals surface area contributed by atoms with Gasteiger partial charge in [0.25, 0.3) is 0 Å². The summed E-state index contributed by atoms with van der Waals surface area (Å²) in [6.45, 7) is 4.89. The molecule has 0 radical (unpaired) electrons. The molecule has 0 saturated carbocycles. The summed E-state index contributed by atoms with van der Waals surface area (Å²) >= 11 is 1.70. The number of aromatic nitrogens is 1. The predicted molar refractivity (Wildman–Crippen MR) is 94.8 cm³/mol. The molecule has 5 nitrogen and oxygen atoms in total. The summed E-state index contributed by atoms with van der Waals surface area (Å²) in [7, 11) is 0. The number of nitrogens with one attached hydrogen (secondary N) is 2. The summed E-state index contributed by atoms with van der Waals surface area (Å²) in [6, 6.07) is 7.88. The van der Waals surface area contributed by atoms with Crippen molar-refractivity contribution in [1.82, 2.24) is 15.6 Å². The van der Waals surface area contributed by atoms with Crippen molar-refractivity contribution in [3.8, 4) is 0 Å². The molecule has 6 heteroatoms. The van der Waals surface area contributed by atoms with Gasteiger partial charge in [0.2, 0.25) is 0 Å². The molecule has 2 aromatic rings. The standard InChI is InChI=1S/C17H25N3O2S/c1-3-12(2)14(21)11-19-17(22)18-10-6-9-16-20-13-7-4-5-8-15(13)23-16/h4-5,7-8,12,14,21H,3,6,9-11H2,1-2H3,(H2,18,19,22). The van der Waals surface area contributed by atoms with Crippen molar-refractivity contribution in [2.24, 2.45) is 5.92 Å². The van der Waals surface area contributed by atoms with Crippen molar-refractivity contribution >= 4 is 27.6 Å². The van der Waals surface area contributed by atoms with Crippen LogP contribution in [0.4, 0.5) is 4.79 Å². The quantitative estimate of drug-likeness (QED) is 0.649. The monoisotopic (exact) mass is 335 g/mol. The minimum atomic E-state index is -0.492. The van der Waals surface area contributed by atoms with Crippen LogP contribution in [0.1, 0.15) is 31.7 Å². The maximum atomic E-state index is 11.7. The number of urea groups is 1. The van der Waals surface area contributed by atoms with Crippen molar-refractivity contribution in [1.29, 1.82) is 0 Å². The number of carbonyl (C=O) groups is 1. The number of nitrogens with zero attached hydrogens (tertiary/aromatic N) is 1. The average molecular weight is 335 g/mol. The second kappa shape index (κ2) is 8.84. The minimum Gasteiger partial charge on any atom is -0.391 e. The highest BCUT2D eigenvalue weighted by atomic mass is 32.1. The van der Waals surface area contributed by atoms with Gasteiger partial charge in [0.05, 0.1) is 21.3 Å². The first kappa shape index (κ1) is 17.7. The van der Waals surface area contributed by atoms with E-state index in [4.69, 9.17) is 0 Å². The molecule has 23 heavy (non-hydrogen) atoms. The Bertz CT molecular complexity index is 596. The number of rotatable bonds is 8. The summed E-state index contributed by atoms with van der Waals surface area (Å²) in [6.07, 6.45) is 2.11. The maximum absolute atomic E-state index is 11.7. The van der Waals surface area contributed by atoms with Gasteiger partial charge in [0.1, 0.15) is 0 Å². The van der Waals surface area contributed by atoms with E-state index in [0.29, 0.717) is 13.1 Å². The van der Waals surface area contributed by atoms with Gasteiger partial charge < -0.3 is 15.7 Å². The maximum Gasteiger partial charge on any atom is 0.314 e. The lowest BCUT2D eigenvalue weighted by Crippen LogP contribution is -2.41. The van der Waals surface area contributed by atoms with Gasteiger partial charge in [-0.25, -0.2) is 9.78 Å². The highest BCUT2D eigenvalue weighted by molar-refractivity contribution is 7.18. The van der Waals surface area contributed by atoms with E-state index in [2.05, 4.69) is 21.7 Å². The third kappa shape index (κ3) is 5.48. The Morgan fingerprint density at radius 1 is 1.35 bits per heavy atom. The number of benzene rings is 1. The van der Waals surface area contributed by atoms with Crippen molar-refractivity contribution < 1.29 is 9.90 Å². The smallest absolute Gasteiger partial charge is 0.314 e. The number of hydrogen-bond donors (Lipinski definition) is 3. The molecule has 1 aromatic carbocycles. The third-order valence-electron chi connectivity index (χ3n) is 3.96. The zero-order valence-corrected chi connectivity index (χ0v) is 14.5. The van der Waals surface area contributed by atoms with Gasteiger partial charge in [-0.3, -0.25) is 0 Å². The van der Waals surface area contributed by atoms with E-state index in [1.807, 2.05) is 32.0 Å². The van der Waals surface area contributed by atoms with Gasteiger partial charge >= 0.3 is 6.03 Å². The van der Waals surface area contributed by atoms with E-state index in [9.17, 15) is 9.90 Å². The van der Waals surface area contributed by atoms with Crippen LogP contribution in [0.25, 0.3) is 10.2 Å². The lowest BCUT2D eigenvalue weighted by Gasteiger charge is -2.17. The molecule has 0 fully saturated rings. The number of para-hydroxylation sites is 1. The van der Waals surface area contributed by atoms with E-state index in [1.165, 1.54) is 4.70 Å². The highest BCUT2D eigenvalue weighted by Gasteiger charge is 2.13. The summed E-state index contributed by atoms with van der Waals surface area (Å²) in [5, 5.41) is 16.4. The normalized spacial score (nSPS) is 13.7. The van der Waals surface area contributed by atoms with Crippen LogP contribution in [-0.2, 0) is 6.42 Å². The lowest BCUT2D eigenvalue weighted by atomic mass is 10.0. The molecule has 0 aliphatic rings. The molecule has 0 aliphatic carbocycles. The summed E-state index contributed by atoms with van der Waals surface area (Å²) in [5.74, 6) is 0.189. The fraction of sp³-hybridized carbons (Fsp3) is 0.529. The van der Waals surface area contributed by atoms with Gasteiger partial charge in [-0.15, -0.1) is 11.3 Å². The number of fused-ring (bicyclic) bond motifs is 1. The molecule has 126 valence electrons. The van der Waals surface area contributed by atoms with E-state index in [0.717, 1.165) is 29.8 Å². The van der Waals surface area contributed by atoms with Crippen LogP contribution in [0.5, 0.6) is 0 Å². The van der Waals surface area contributed by atoms with Gasteiger partial charge in [-0.2, -0.15) is 0 Å². The summed E-state index contributed by atoms with van der Waals surface area (Å²) in [4.78, 5) is 16.2. The van der Waals surface area contributed by atoms with Crippen LogP contribution in [-0.4, -0.2) is 35.3 Å². The molecule has 3 N–H and O–H groups in total. The second-order valence-corrected chi connectivity index (χ2v) is 6.88. The summed E-state index contributed by atoms with van der Waals surface area (Å²) in [5.41, 5.74) is 1.04. The Morgan fingerprint density at radius 2 is 2.13 bits per heavy atom. The third-order valence-corrected chi connectivity index (χ3v) is 5.06. The van der Waals surface area contributed by atoms with Crippen LogP contribution in [0.3, 0.4) is 0 Å². The van der Waals surface area contributed by atoms with E-state index < -0.39 is 6.10 Å². The van der Waals surface area contributed by atoms with E-state index >= 15 is 0 Å². The topological polar surface area (TPSA) is 74.2 Å². The number of hydrogen-bond acceptors (Lipinski definition) is 4. The zero-order valence-electron chi connectivity index (χ0n) is 13.7. The average Bonchev–Trinajstić information content (AvgIpc) is 2.98. The Labute approximate surface area is 141 Å². The van der Waals surface area contributed by atoms with Crippen molar-refractivity contribution in [3.05, 3.63) is 29.3 Å². The number of aliphatic hydroxyl groups excluding tert-OH is 1. The molecular weight excluding hydrogens is 310 g/mol. The first-order valence-corrected chi connectivity index (χ1v) is 8.96. The zero-order chi connectivity index (χ0) is 16.7. The van der Waals surface area contributed by atoms with Crippen molar-refractivity contribution in [2.75, 3.05) is 13.1 Å². The first-order chi connectivity index (χ1) is 11.1. The molecule has 2 atom stereocenters. The SMILES string of the molecule is CCC(C)C(O)CNC(=O)NCCCc1nc2ccccc2s1. The number of carbonyl (C=O) groups excluding carboxylic acids is 1. The highest BCUT2D eigenvalue weighted by Crippen LogP contribution is 2.22. The second-order valence-electron chi connectivity index (χ2n) is 5.77. The number of thiazole rings is 1. The van der Waals surface area contributed by atoms with Crippen LogP contribution in [0.15, 0.2) is 24.3 Å². The molecule has 1 heterocycles. The van der Waals surface area contributed by atoms with Gasteiger partial charge in [0, 0.05) is 19.5 Å². The predicted octanol–water partition coefficient (Wildman–Crippen LogP) is 2.94. The number of aliphatic hydroxyl groups is 1. The Morgan fingerprint density at radius 3 is 2.87 bits per heavy atom. The minimum absolute atomic E-state index is 0.189. The number of amides is 2. The molecule has 0 bridgehead atoms.